The molecule has 0 aliphatic heterocycles. The number of benzene rings is 2. The van der Waals surface area contributed by atoms with Crippen LogP contribution in [0, 0.1) is 5.92 Å². The molecule has 2 aromatic carbocycles. The highest BCUT2D eigenvalue weighted by atomic mass is 16.1. The molecule has 0 spiro atoms. The van der Waals surface area contributed by atoms with Gasteiger partial charge < -0.3 is 16.4 Å². The van der Waals surface area contributed by atoms with E-state index < -0.39 is 0 Å². The molecule has 1 saturated carbocycles. The van der Waals surface area contributed by atoms with Crippen LogP contribution in [-0.2, 0) is 11.3 Å². The molecule has 33 heavy (non-hydrogen) atoms. The summed E-state index contributed by atoms with van der Waals surface area (Å²) in [7, 11) is 1.99. The first-order chi connectivity index (χ1) is 16.1. The molecular weight excluding hydrogens is 411 g/mol. The van der Waals surface area contributed by atoms with Crippen LogP contribution in [0.1, 0.15) is 31.2 Å². The van der Waals surface area contributed by atoms with Gasteiger partial charge in [0.05, 0.1) is 5.69 Å². The van der Waals surface area contributed by atoms with E-state index in [1.54, 1.807) is 0 Å². The second-order valence-electron chi connectivity index (χ2n) is 8.70. The van der Waals surface area contributed by atoms with Crippen molar-refractivity contribution in [3.8, 4) is 11.3 Å². The SMILES string of the molecule is Bc1cnn2c(NCc3cccc(NC(=O)C4CCCC4)c3)cc(-c3ccccc3N)nc12. The van der Waals surface area contributed by atoms with Crippen molar-refractivity contribution in [3.05, 3.63) is 66.4 Å². The molecule has 5 rings (SSSR count). The van der Waals surface area contributed by atoms with E-state index in [2.05, 4.69) is 15.7 Å². The third-order valence-corrected chi connectivity index (χ3v) is 6.28. The Hall–Kier alpha value is -3.81. The molecule has 1 amide bonds. The topological polar surface area (TPSA) is 97.3 Å². The molecule has 1 aliphatic carbocycles. The summed E-state index contributed by atoms with van der Waals surface area (Å²) in [5.74, 6) is 1.10. The van der Waals surface area contributed by atoms with E-state index in [9.17, 15) is 4.79 Å². The molecule has 2 heterocycles. The van der Waals surface area contributed by atoms with Gasteiger partial charge >= 0.3 is 0 Å². The Morgan fingerprint density at radius 3 is 2.76 bits per heavy atom. The highest BCUT2D eigenvalue weighted by Gasteiger charge is 2.22. The first kappa shape index (κ1) is 21.1. The summed E-state index contributed by atoms with van der Waals surface area (Å²) < 4.78 is 1.81. The number of nitrogens with one attached hydrogen (secondary N) is 2. The zero-order chi connectivity index (χ0) is 22.8. The predicted octanol–water partition coefficient (Wildman–Crippen LogP) is 2.98. The monoisotopic (exact) mass is 438 g/mol. The van der Waals surface area contributed by atoms with Crippen LogP contribution >= 0.6 is 0 Å². The lowest BCUT2D eigenvalue weighted by Crippen LogP contribution is -2.20. The van der Waals surface area contributed by atoms with Gasteiger partial charge in [-0.25, -0.2) is 4.98 Å². The quantitative estimate of drug-likeness (QED) is 0.318. The number of para-hydroxylation sites is 1. The number of rotatable bonds is 6. The second-order valence-corrected chi connectivity index (χ2v) is 8.70. The van der Waals surface area contributed by atoms with E-state index in [-0.39, 0.29) is 11.8 Å². The normalized spacial score (nSPS) is 13.9. The van der Waals surface area contributed by atoms with Crippen LogP contribution in [0.3, 0.4) is 0 Å². The molecule has 0 atom stereocenters. The highest BCUT2D eigenvalue weighted by Crippen LogP contribution is 2.28. The molecule has 2 aromatic heterocycles. The van der Waals surface area contributed by atoms with E-state index in [0.29, 0.717) is 12.2 Å². The van der Waals surface area contributed by atoms with Crippen LogP contribution in [0.15, 0.2) is 60.8 Å². The van der Waals surface area contributed by atoms with Crippen molar-refractivity contribution < 1.29 is 4.79 Å². The van der Waals surface area contributed by atoms with Gasteiger partial charge in [-0.3, -0.25) is 4.79 Å². The third-order valence-electron chi connectivity index (χ3n) is 6.28. The van der Waals surface area contributed by atoms with Crippen LogP contribution in [0.5, 0.6) is 0 Å². The summed E-state index contributed by atoms with van der Waals surface area (Å²) in [5, 5.41) is 11.1. The first-order valence-corrected chi connectivity index (χ1v) is 11.4. The summed E-state index contributed by atoms with van der Waals surface area (Å²) in [5.41, 5.74) is 12.3. The molecular formula is C25H27BN6O. The van der Waals surface area contributed by atoms with Crippen LogP contribution in [0.2, 0.25) is 0 Å². The third kappa shape index (κ3) is 4.42. The van der Waals surface area contributed by atoms with Crippen molar-refractivity contribution >= 4 is 42.1 Å². The maximum atomic E-state index is 12.5. The Morgan fingerprint density at radius 1 is 1.12 bits per heavy atom. The van der Waals surface area contributed by atoms with E-state index in [4.69, 9.17) is 10.7 Å². The molecule has 1 aliphatic rings. The zero-order valence-corrected chi connectivity index (χ0v) is 18.7. The number of hydrogen-bond acceptors (Lipinski definition) is 5. The number of aromatic nitrogens is 3. The molecule has 8 heteroatoms. The van der Waals surface area contributed by atoms with Gasteiger partial charge in [-0.15, -0.1) is 0 Å². The van der Waals surface area contributed by atoms with E-state index >= 15 is 0 Å². The minimum absolute atomic E-state index is 0.130. The smallest absolute Gasteiger partial charge is 0.227 e. The molecule has 0 unspecified atom stereocenters. The molecule has 0 bridgehead atoms. The van der Waals surface area contributed by atoms with Gasteiger partial charge in [0, 0.05) is 41.7 Å². The average molecular weight is 438 g/mol. The van der Waals surface area contributed by atoms with Crippen LogP contribution in [0.25, 0.3) is 16.9 Å². The fraction of sp³-hybridized carbons (Fsp3) is 0.240. The van der Waals surface area contributed by atoms with Crippen LogP contribution in [-0.4, -0.2) is 28.4 Å². The van der Waals surface area contributed by atoms with Gasteiger partial charge in [0.1, 0.15) is 13.7 Å². The van der Waals surface area contributed by atoms with Gasteiger partial charge in [0.2, 0.25) is 5.91 Å². The molecule has 1 fully saturated rings. The second kappa shape index (κ2) is 8.98. The Kier molecular flexibility index (Phi) is 5.73. The number of carbonyl (C=O) groups is 1. The number of nitrogens with two attached hydrogens (primary N) is 1. The van der Waals surface area contributed by atoms with Crippen molar-refractivity contribution in [2.75, 3.05) is 16.4 Å². The molecule has 0 saturated heterocycles. The molecule has 7 nitrogen and oxygen atoms in total. The molecule has 4 N–H and O–H groups in total. The molecule has 4 aromatic rings. The standard InChI is InChI=1S/C25H27BN6O/c26-20-15-29-32-23(13-22(31-24(20)32)19-10-3-4-11-21(19)27)28-14-16-6-5-9-18(12-16)30-25(33)17-7-1-2-8-17/h3-6,9-13,15,17,28H,1-2,7-8,14,26-27H2,(H,30,33). The number of anilines is 3. The van der Waals surface area contributed by atoms with Crippen molar-refractivity contribution in [2.24, 2.45) is 5.92 Å². The number of nitrogen functional groups attached to an aromatic ring is 1. The summed E-state index contributed by atoms with van der Waals surface area (Å²) >= 11 is 0. The Labute approximate surface area is 193 Å². The summed E-state index contributed by atoms with van der Waals surface area (Å²) in [6.07, 6.45) is 6.08. The summed E-state index contributed by atoms with van der Waals surface area (Å²) in [6, 6.07) is 17.7. The fourth-order valence-corrected chi connectivity index (χ4v) is 4.45. The van der Waals surface area contributed by atoms with Crippen LogP contribution in [0.4, 0.5) is 17.2 Å². The van der Waals surface area contributed by atoms with E-state index in [0.717, 1.165) is 65.1 Å². The lowest BCUT2D eigenvalue weighted by atomic mass is 10.0. The molecule has 0 radical (unpaired) electrons. The number of fused-ring (bicyclic) bond motifs is 1. The van der Waals surface area contributed by atoms with Crippen LogP contribution < -0.4 is 21.8 Å². The lowest BCUT2D eigenvalue weighted by molar-refractivity contribution is -0.119. The van der Waals surface area contributed by atoms with Crippen molar-refractivity contribution in [2.45, 2.75) is 32.2 Å². The highest BCUT2D eigenvalue weighted by molar-refractivity contribution is 6.36. The number of hydrogen-bond donors (Lipinski definition) is 3. The average Bonchev–Trinajstić information content (AvgIpc) is 3.49. The van der Waals surface area contributed by atoms with E-state index in [1.807, 2.05) is 73.2 Å². The fourth-order valence-electron chi connectivity index (χ4n) is 4.45. The summed E-state index contributed by atoms with van der Waals surface area (Å²) in [6.45, 7) is 0.578. The largest absolute Gasteiger partial charge is 0.398 e. The van der Waals surface area contributed by atoms with Gasteiger partial charge in [-0.05, 0) is 42.1 Å². The number of amides is 1. The predicted molar refractivity (Wildman–Crippen MR) is 135 cm³/mol. The van der Waals surface area contributed by atoms with Crippen molar-refractivity contribution in [3.63, 3.8) is 0 Å². The van der Waals surface area contributed by atoms with E-state index in [1.165, 1.54) is 0 Å². The first-order valence-electron chi connectivity index (χ1n) is 11.4. The molecule has 166 valence electrons. The zero-order valence-electron chi connectivity index (χ0n) is 18.7. The minimum Gasteiger partial charge on any atom is -0.398 e. The van der Waals surface area contributed by atoms with Gasteiger partial charge in [0.25, 0.3) is 0 Å². The summed E-state index contributed by atoms with van der Waals surface area (Å²) in [4.78, 5) is 17.3. The Morgan fingerprint density at radius 2 is 1.94 bits per heavy atom. The van der Waals surface area contributed by atoms with Gasteiger partial charge in [-0.2, -0.15) is 9.61 Å². The Bertz CT molecular complexity index is 1310. The number of nitrogens with zero attached hydrogens (tertiary/aromatic N) is 3. The van der Waals surface area contributed by atoms with Crippen molar-refractivity contribution in [1.29, 1.82) is 0 Å². The maximum Gasteiger partial charge on any atom is 0.227 e. The Balaban J connectivity index is 1.38. The van der Waals surface area contributed by atoms with Crippen molar-refractivity contribution in [1.82, 2.24) is 14.6 Å². The van der Waals surface area contributed by atoms with Gasteiger partial charge in [-0.1, -0.05) is 43.2 Å². The lowest BCUT2D eigenvalue weighted by Gasteiger charge is -2.14. The minimum atomic E-state index is 0.130. The maximum absolute atomic E-state index is 12.5. The number of carbonyl (C=O) groups excluding carboxylic acids is 1. The van der Waals surface area contributed by atoms with Gasteiger partial charge in [0.15, 0.2) is 5.65 Å².